The zero-order chi connectivity index (χ0) is 14.2. The van der Waals surface area contributed by atoms with Gasteiger partial charge in [-0.25, -0.2) is 0 Å². The zero-order valence-electron chi connectivity index (χ0n) is 13.4. The fourth-order valence-electron chi connectivity index (χ4n) is 4.50. The predicted octanol–water partition coefficient (Wildman–Crippen LogP) is 3.44. The first kappa shape index (κ1) is 20.2. The van der Waals surface area contributed by atoms with Crippen LogP contribution in [0.1, 0.15) is 77.0 Å². The van der Waals surface area contributed by atoms with E-state index in [0.717, 1.165) is 4.89 Å². The van der Waals surface area contributed by atoms with Gasteiger partial charge in [0.25, 0.3) is 0 Å². The minimum absolute atomic E-state index is 0. The Hall–Kier alpha value is 1.12. The number of hydrogen-bond acceptors (Lipinski definition) is 0. The molecule has 0 aromatic rings. The SMILES string of the molecule is C1CCC(P(C2CCCC2)C2CCCC2)C1.C=C[CH2][Pd+].[Cl-]. The summed E-state index contributed by atoms with van der Waals surface area (Å²) in [5.74, 6) is 0. The maximum Gasteiger partial charge on any atom is -1.00 e. The van der Waals surface area contributed by atoms with Gasteiger partial charge in [0.1, 0.15) is 0 Å². The second-order valence-electron chi connectivity index (χ2n) is 6.68. The Morgan fingerprint density at radius 3 is 1.19 bits per heavy atom. The van der Waals surface area contributed by atoms with Crippen molar-refractivity contribution >= 4 is 7.92 Å². The summed E-state index contributed by atoms with van der Waals surface area (Å²) in [5.41, 5.74) is 3.63. The van der Waals surface area contributed by atoms with E-state index in [1.807, 2.05) is 6.08 Å². The van der Waals surface area contributed by atoms with E-state index >= 15 is 0 Å². The monoisotopic (exact) mass is 420 g/mol. The van der Waals surface area contributed by atoms with E-state index in [1.165, 1.54) is 17.0 Å². The van der Waals surface area contributed by atoms with E-state index in [-0.39, 0.29) is 12.4 Å². The Balaban J connectivity index is 0.000000397. The molecule has 0 bridgehead atoms. The van der Waals surface area contributed by atoms with Crippen LogP contribution in [0.25, 0.3) is 0 Å². The molecule has 0 N–H and O–H groups in total. The molecule has 0 saturated heterocycles. The minimum atomic E-state index is 0. The van der Waals surface area contributed by atoms with Crippen molar-refractivity contribution < 1.29 is 31.6 Å². The Labute approximate surface area is 150 Å². The number of rotatable bonds is 4. The molecule has 0 spiro atoms. The van der Waals surface area contributed by atoms with Crippen LogP contribution in [-0.4, -0.2) is 17.0 Å². The zero-order valence-corrected chi connectivity index (χ0v) is 16.6. The van der Waals surface area contributed by atoms with E-state index in [4.69, 9.17) is 0 Å². The first-order valence-electron chi connectivity index (χ1n) is 8.76. The maximum atomic E-state index is 3.44. The number of halogens is 1. The normalized spacial score (nSPS) is 24.0. The Kier molecular flexibility index (Phi) is 11.2. The van der Waals surface area contributed by atoms with Crippen molar-refractivity contribution in [1.82, 2.24) is 0 Å². The molecule has 0 unspecified atom stereocenters. The van der Waals surface area contributed by atoms with Crippen LogP contribution in [0.5, 0.6) is 0 Å². The third kappa shape index (κ3) is 6.26. The van der Waals surface area contributed by atoms with Crippen LogP contribution in [0.3, 0.4) is 0 Å². The molecule has 3 fully saturated rings. The first-order chi connectivity index (χ1) is 9.86. The molecule has 3 saturated carbocycles. The van der Waals surface area contributed by atoms with Crippen molar-refractivity contribution in [3.63, 3.8) is 0 Å². The molecule has 0 aromatic carbocycles. The van der Waals surface area contributed by atoms with Crippen molar-refractivity contribution in [2.75, 3.05) is 0 Å². The van der Waals surface area contributed by atoms with Gasteiger partial charge in [-0.15, -0.1) is 0 Å². The summed E-state index contributed by atoms with van der Waals surface area (Å²) in [7, 11) is 0.436. The third-order valence-corrected chi connectivity index (χ3v) is 9.86. The topological polar surface area (TPSA) is 0 Å². The van der Waals surface area contributed by atoms with Gasteiger partial charge >= 0.3 is 36.8 Å². The summed E-state index contributed by atoms with van der Waals surface area (Å²) < 4.78 is 0. The molecule has 0 radical (unpaired) electrons. The molecule has 0 aliphatic heterocycles. The summed E-state index contributed by atoms with van der Waals surface area (Å²) in [6.45, 7) is 3.44. The van der Waals surface area contributed by atoms with E-state index in [9.17, 15) is 0 Å². The second kappa shape index (κ2) is 11.6. The van der Waals surface area contributed by atoms with Gasteiger partial charge in [-0.2, -0.15) is 0 Å². The van der Waals surface area contributed by atoms with Crippen LogP contribution in [0, 0.1) is 0 Å². The molecule has 0 amide bonds. The Morgan fingerprint density at radius 2 is 1.00 bits per heavy atom. The molecular formula is C18H32ClPPd. The minimum Gasteiger partial charge on any atom is -1.00 e. The van der Waals surface area contributed by atoms with Crippen LogP contribution >= 0.6 is 7.92 Å². The van der Waals surface area contributed by atoms with Gasteiger partial charge in [0.2, 0.25) is 0 Å². The van der Waals surface area contributed by atoms with Gasteiger partial charge < -0.3 is 12.4 Å². The molecule has 3 heteroatoms. The van der Waals surface area contributed by atoms with Crippen molar-refractivity contribution in [2.24, 2.45) is 0 Å². The average molecular weight is 421 g/mol. The summed E-state index contributed by atoms with van der Waals surface area (Å²) in [6, 6.07) is 0. The number of allylic oxidation sites excluding steroid dienone is 1. The molecule has 3 aliphatic carbocycles. The largest absolute Gasteiger partial charge is 1.00 e. The molecule has 126 valence electrons. The van der Waals surface area contributed by atoms with E-state index in [0.29, 0.717) is 7.92 Å². The molecule has 3 rings (SSSR count). The molecule has 21 heavy (non-hydrogen) atoms. The Morgan fingerprint density at radius 1 is 0.762 bits per heavy atom. The second-order valence-corrected chi connectivity index (χ2v) is 10.4. The van der Waals surface area contributed by atoms with Crippen molar-refractivity contribution in [3.8, 4) is 0 Å². The van der Waals surface area contributed by atoms with Gasteiger partial charge in [-0.05, 0) is 55.5 Å². The van der Waals surface area contributed by atoms with Gasteiger partial charge in [-0.1, -0.05) is 46.4 Å². The van der Waals surface area contributed by atoms with Crippen LogP contribution in [0.4, 0.5) is 0 Å². The van der Waals surface area contributed by atoms with Crippen LogP contribution < -0.4 is 12.4 Å². The van der Waals surface area contributed by atoms with Crippen LogP contribution in [0.2, 0.25) is 4.89 Å². The molecule has 0 aromatic heterocycles. The van der Waals surface area contributed by atoms with Crippen LogP contribution in [-0.2, 0) is 19.2 Å². The summed E-state index contributed by atoms with van der Waals surface area (Å²) in [6.07, 6.45) is 20.8. The third-order valence-electron chi connectivity index (χ3n) is 5.33. The number of hydrogen-bond donors (Lipinski definition) is 0. The van der Waals surface area contributed by atoms with Crippen LogP contribution in [0.15, 0.2) is 12.7 Å². The standard InChI is InChI=1S/C15H27P.C3H5.ClH.Pd/c1-2-8-13(7-1)16(14-9-3-4-10-14)15-11-5-6-12-15;1-3-2;;/h13-15H,1-12H2;3H,1-2H2;1H;/q;;;+1/p-1. The molecule has 3 aliphatic rings. The molecule has 0 atom stereocenters. The van der Waals surface area contributed by atoms with Gasteiger partial charge in [0.15, 0.2) is 0 Å². The van der Waals surface area contributed by atoms with Crippen molar-refractivity contribution in [3.05, 3.63) is 12.7 Å². The van der Waals surface area contributed by atoms with E-state index in [2.05, 4.69) is 25.8 Å². The van der Waals surface area contributed by atoms with Gasteiger partial charge in [0, 0.05) is 0 Å². The summed E-state index contributed by atoms with van der Waals surface area (Å²) >= 11 is 2.92. The fraction of sp³-hybridized carbons (Fsp3) is 0.889. The fourth-order valence-corrected chi connectivity index (χ4v) is 9.17. The smallest absolute Gasteiger partial charge is 1.00 e. The predicted molar refractivity (Wildman–Crippen MR) is 88.7 cm³/mol. The van der Waals surface area contributed by atoms with Gasteiger partial charge in [0.05, 0.1) is 0 Å². The summed E-state index contributed by atoms with van der Waals surface area (Å²) in [5, 5.41) is 0. The van der Waals surface area contributed by atoms with Gasteiger partial charge in [-0.3, -0.25) is 0 Å². The van der Waals surface area contributed by atoms with Crippen molar-refractivity contribution in [1.29, 1.82) is 0 Å². The molecule has 0 heterocycles. The van der Waals surface area contributed by atoms with E-state index < -0.39 is 0 Å². The summed E-state index contributed by atoms with van der Waals surface area (Å²) in [4.78, 5) is 0.933. The van der Waals surface area contributed by atoms with Crippen molar-refractivity contribution in [2.45, 2.75) is 98.9 Å². The maximum absolute atomic E-state index is 3.44. The first-order valence-corrected chi connectivity index (χ1v) is 11.4. The quantitative estimate of drug-likeness (QED) is 0.371. The molecule has 0 nitrogen and oxygen atoms in total. The van der Waals surface area contributed by atoms with E-state index in [1.54, 1.807) is 77.0 Å². The molecular weight excluding hydrogens is 389 g/mol. The average Bonchev–Trinajstić information content (AvgIpc) is 3.23. The Bertz CT molecular complexity index is 228.